The normalized spacial score (nSPS) is 10.2. The Morgan fingerprint density at radius 3 is 2.38 bits per heavy atom. The zero-order valence-electron chi connectivity index (χ0n) is 14.1. The number of carbonyl (C=O) groups excluding carboxylic acids is 1. The summed E-state index contributed by atoms with van der Waals surface area (Å²) in [5.74, 6) is 0.587. The molecule has 26 heavy (non-hydrogen) atoms. The minimum absolute atomic E-state index is 0.208. The summed E-state index contributed by atoms with van der Waals surface area (Å²) >= 11 is 5.87. The molecule has 0 aliphatic rings. The Hall–Kier alpha value is -3.12. The van der Waals surface area contributed by atoms with E-state index in [1.54, 1.807) is 66.8 Å². The molecule has 0 spiro atoms. The van der Waals surface area contributed by atoms with Crippen molar-refractivity contribution in [2.45, 2.75) is 6.54 Å². The van der Waals surface area contributed by atoms with Gasteiger partial charge in [-0.05, 0) is 48.0 Å². The second-order valence-corrected chi connectivity index (χ2v) is 6.01. The summed E-state index contributed by atoms with van der Waals surface area (Å²) in [7, 11) is 1.73. The summed E-state index contributed by atoms with van der Waals surface area (Å²) in [5, 5.41) is 3.51. The summed E-state index contributed by atoms with van der Waals surface area (Å²) in [5.41, 5.74) is 1.66. The number of carbonyl (C=O) groups is 1. The van der Waals surface area contributed by atoms with Gasteiger partial charge >= 0.3 is 12.0 Å². The average molecular weight is 369 g/mol. The van der Waals surface area contributed by atoms with Crippen LogP contribution in [0.15, 0.2) is 67.0 Å². The van der Waals surface area contributed by atoms with E-state index >= 15 is 0 Å². The highest BCUT2D eigenvalue weighted by Crippen LogP contribution is 2.20. The molecule has 6 nitrogen and oxygen atoms in total. The van der Waals surface area contributed by atoms with Crippen molar-refractivity contribution in [3.8, 4) is 11.8 Å². The highest BCUT2D eigenvalue weighted by Gasteiger charge is 2.10. The number of hydrogen-bond donors (Lipinski definition) is 1. The van der Waals surface area contributed by atoms with Crippen molar-refractivity contribution in [1.82, 2.24) is 14.9 Å². The van der Waals surface area contributed by atoms with Crippen LogP contribution in [0.1, 0.15) is 5.56 Å². The number of urea groups is 1. The highest BCUT2D eigenvalue weighted by molar-refractivity contribution is 6.30. The van der Waals surface area contributed by atoms with Crippen LogP contribution in [0.4, 0.5) is 10.5 Å². The third-order valence-electron chi connectivity index (χ3n) is 3.54. The van der Waals surface area contributed by atoms with Gasteiger partial charge in [0.15, 0.2) is 0 Å². The van der Waals surface area contributed by atoms with Crippen molar-refractivity contribution in [3.63, 3.8) is 0 Å². The number of benzene rings is 2. The molecule has 132 valence electrons. The van der Waals surface area contributed by atoms with Gasteiger partial charge in [-0.3, -0.25) is 0 Å². The molecule has 2 amide bonds. The smallest absolute Gasteiger partial charge is 0.321 e. The first kappa shape index (κ1) is 17.7. The molecule has 3 rings (SSSR count). The molecule has 0 unspecified atom stereocenters. The summed E-state index contributed by atoms with van der Waals surface area (Å²) < 4.78 is 5.52. The van der Waals surface area contributed by atoms with Gasteiger partial charge in [-0.25, -0.2) is 14.8 Å². The van der Waals surface area contributed by atoms with Crippen molar-refractivity contribution in [2.24, 2.45) is 0 Å². The molecule has 1 aromatic heterocycles. The number of rotatable bonds is 5. The maximum absolute atomic E-state index is 12.3. The molecule has 0 saturated carbocycles. The van der Waals surface area contributed by atoms with Gasteiger partial charge in [0.25, 0.3) is 0 Å². The lowest BCUT2D eigenvalue weighted by Crippen LogP contribution is -2.30. The molecule has 0 saturated heterocycles. The second kappa shape index (κ2) is 8.31. The Morgan fingerprint density at radius 1 is 1.08 bits per heavy atom. The molecule has 0 aliphatic carbocycles. The minimum Gasteiger partial charge on any atom is -0.424 e. The van der Waals surface area contributed by atoms with Gasteiger partial charge in [0.2, 0.25) is 0 Å². The molecule has 0 aliphatic heterocycles. The predicted molar refractivity (Wildman–Crippen MR) is 100 cm³/mol. The molecule has 1 heterocycles. The molecular weight excluding hydrogens is 352 g/mol. The Morgan fingerprint density at radius 2 is 1.73 bits per heavy atom. The monoisotopic (exact) mass is 368 g/mol. The standard InChI is InChI=1S/C19H17ClN4O2/c1-24(13-14-3-5-15(20)6-4-14)19(25)23-16-7-9-17(10-8-16)26-18-21-11-2-12-22-18/h2-12H,13H2,1H3,(H,23,25). The molecule has 7 heteroatoms. The SMILES string of the molecule is CN(Cc1ccc(Cl)cc1)C(=O)Nc1ccc(Oc2ncccn2)cc1. The lowest BCUT2D eigenvalue weighted by atomic mass is 10.2. The predicted octanol–water partition coefficient (Wildman–Crippen LogP) is 4.59. The fraction of sp³-hybridized carbons (Fsp3) is 0.105. The first-order chi connectivity index (χ1) is 12.6. The molecule has 0 atom stereocenters. The van der Waals surface area contributed by atoms with Crippen LogP contribution >= 0.6 is 11.6 Å². The van der Waals surface area contributed by atoms with E-state index in [1.807, 2.05) is 12.1 Å². The van der Waals surface area contributed by atoms with Crippen LogP contribution in [0.5, 0.6) is 11.8 Å². The zero-order chi connectivity index (χ0) is 18.4. The molecule has 0 fully saturated rings. The van der Waals surface area contributed by atoms with E-state index in [0.717, 1.165) is 5.56 Å². The summed E-state index contributed by atoms with van der Waals surface area (Å²) in [6, 6.07) is 16.2. The van der Waals surface area contributed by atoms with Crippen molar-refractivity contribution in [1.29, 1.82) is 0 Å². The van der Waals surface area contributed by atoms with Crippen LogP contribution in [-0.2, 0) is 6.54 Å². The molecule has 2 aromatic carbocycles. The molecule has 0 radical (unpaired) electrons. The van der Waals surface area contributed by atoms with Crippen molar-refractivity contribution in [3.05, 3.63) is 77.6 Å². The summed E-state index contributed by atoms with van der Waals surface area (Å²) in [6.45, 7) is 0.482. The minimum atomic E-state index is -0.208. The number of nitrogens with zero attached hydrogens (tertiary/aromatic N) is 3. The van der Waals surface area contributed by atoms with E-state index in [9.17, 15) is 4.79 Å². The van der Waals surface area contributed by atoms with E-state index in [-0.39, 0.29) is 12.0 Å². The van der Waals surface area contributed by atoms with Gasteiger partial charge < -0.3 is 15.0 Å². The van der Waals surface area contributed by atoms with Crippen molar-refractivity contribution >= 4 is 23.3 Å². The van der Waals surface area contributed by atoms with Crippen LogP contribution in [0, 0.1) is 0 Å². The fourth-order valence-electron chi connectivity index (χ4n) is 2.20. The first-order valence-corrected chi connectivity index (χ1v) is 8.29. The van der Waals surface area contributed by atoms with E-state index in [0.29, 0.717) is 23.0 Å². The van der Waals surface area contributed by atoms with E-state index in [1.165, 1.54) is 0 Å². The Kier molecular flexibility index (Phi) is 5.66. The van der Waals surface area contributed by atoms with Crippen molar-refractivity contribution < 1.29 is 9.53 Å². The number of anilines is 1. The van der Waals surface area contributed by atoms with Gasteiger partial charge in [-0.15, -0.1) is 0 Å². The number of nitrogens with one attached hydrogen (secondary N) is 1. The highest BCUT2D eigenvalue weighted by atomic mass is 35.5. The Bertz CT molecular complexity index is 855. The molecule has 0 bridgehead atoms. The third-order valence-corrected chi connectivity index (χ3v) is 3.79. The summed E-state index contributed by atoms with van der Waals surface area (Å²) in [6.07, 6.45) is 3.21. The Labute approximate surface area is 156 Å². The number of aromatic nitrogens is 2. The topological polar surface area (TPSA) is 67.4 Å². The third kappa shape index (κ3) is 4.94. The fourth-order valence-corrected chi connectivity index (χ4v) is 2.33. The van der Waals surface area contributed by atoms with Crippen molar-refractivity contribution in [2.75, 3.05) is 12.4 Å². The molecule has 3 aromatic rings. The lowest BCUT2D eigenvalue weighted by molar-refractivity contribution is 0.220. The van der Waals surface area contributed by atoms with Crippen LogP contribution in [0.2, 0.25) is 5.02 Å². The molecule has 1 N–H and O–H groups in total. The van der Waals surface area contributed by atoms with E-state index < -0.39 is 0 Å². The lowest BCUT2D eigenvalue weighted by Gasteiger charge is -2.18. The molecular formula is C19H17ClN4O2. The zero-order valence-corrected chi connectivity index (χ0v) is 14.8. The van der Waals surface area contributed by atoms with Gasteiger partial charge in [-0.1, -0.05) is 23.7 Å². The van der Waals surface area contributed by atoms with Crippen LogP contribution in [0.3, 0.4) is 0 Å². The number of amides is 2. The second-order valence-electron chi connectivity index (χ2n) is 5.57. The maximum atomic E-state index is 12.3. The van der Waals surface area contributed by atoms with E-state index in [4.69, 9.17) is 16.3 Å². The largest absolute Gasteiger partial charge is 0.424 e. The van der Waals surface area contributed by atoms with Gasteiger partial charge in [0, 0.05) is 36.7 Å². The van der Waals surface area contributed by atoms with E-state index in [2.05, 4.69) is 15.3 Å². The number of hydrogen-bond acceptors (Lipinski definition) is 4. The van der Waals surface area contributed by atoms with Crippen LogP contribution in [-0.4, -0.2) is 27.9 Å². The first-order valence-electron chi connectivity index (χ1n) is 7.91. The van der Waals surface area contributed by atoms with Gasteiger partial charge in [0.1, 0.15) is 5.75 Å². The van der Waals surface area contributed by atoms with Crippen LogP contribution < -0.4 is 10.1 Å². The van der Waals surface area contributed by atoms with Crippen LogP contribution in [0.25, 0.3) is 0 Å². The van der Waals surface area contributed by atoms with Gasteiger partial charge in [-0.2, -0.15) is 0 Å². The van der Waals surface area contributed by atoms with Gasteiger partial charge in [0.05, 0.1) is 0 Å². The Balaban J connectivity index is 1.56. The quantitative estimate of drug-likeness (QED) is 0.715. The number of halogens is 1. The maximum Gasteiger partial charge on any atom is 0.321 e. The number of ether oxygens (including phenoxy) is 1. The summed E-state index contributed by atoms with van der Waals surface area (Å²) in [4.78, 5) is 21.9. The average Bonchev–Trinajstić information content (AvgIpc) is 2.66.